The predicted molar refractivity (Wildman–Crippen MR) is 82.8 cm³/mol. The fraction of sp³-hybridized carbons (Fsp3) is 0.786. The van der Waals surface area contributed by atoms with Gasteiger partial charge in [0.2, 0.25) is 10.0 Å². The number of rotatable bonds is 5. The molecule has 0 spiro atoms. The Morgan fingerprint density at radius 2 is 1.90 bits per heavy atom. The highest BCUT2D eigenvalue weighted by atomic mass is 32.2. The minimum Gasteiger partial charge on any atom is -0.302 e. The number of aromatic nitrogens is 2. The van der Waals surface area contributed by atoms with Gasteiger partial charge in [-0.25, -0.2) is 13.1 Å². The molecule has 21 heavy (non-hydrogen) atoms. The van der Waals surface area contributed by atoms with E-state index < -0.39 is 10.0 Å². The van der Waals surface area contributed by atoms with Crippen LogP contribution in [0.3, 0.4) is 0 Å². The molecule has 0 aliphatic carbocycles. The van der Waals surface area contributed by atoms with Crippen LogP contribution in [0.1, 0.15) is 32.2 Å². The number of sulfonamides is 1. The zero-order chi connectivity index (χ0) is 15.8. The molecule has 0 amide bonds. The highest BCUT2D eigenvalue weighted by Gasteiger charge is 2.34. The number of likely N-dealkylation sites (tertiary alicyclic amines) is 1. The minimum absolute atomic E-state index is 0.0290. The standard InChI is InChI=1S/C14H26N4O2S/c1-6-17-8-10(3)13(9-17)16-21(19,20)14-11(4)15-18(7-2)12(14)5/h10,13,16H,6-9H2,1-5H3/t10-,13-/m1/s1. The second kappa shape index (κ2) is 6.06. The molecule has 6 nitrogen and oxygen atoms in total. The van der Waals surface area contributed by atoms with Crippen molar-refractivity contribution in [2.45, 2.75) is 52.1 Å². The van der Waals surface area contributed by atoms with Gasteiger partial charge in [-0.3, -0.25) is 4.68 Å². The number of hydrogen-bond acceptors (Lipinski definition) is 4. The first-order valence-electron chi connectivity index (χ1n) is 7.58. The molecule has 1 aliphatic rings. The van der Waals surface area contributed by atoms with E-state index >= 15 is 0 Å². The van der Waals surface area contributed by atoms with Crippen molar-refractivity contribution in [3.63, 3.8) is 0 Å². The van der Waals surface area contributed by atoms with Crippen molar-refractivity contribution in [1.29, 1.82) is 0 Å². The monoisotopic (exact) mass is 314 g/mol. The van der Waals surface area contributed by atoms with Crippen LogP contribution in [0.2, 0.25) is 0 Å². The Labute approximate surface area is 127 Å². The van der Waals surface area contributed by atoms with Crippen LogP contribution in [0.25, 0.3) is 0 Å². The molecule has 2 heterocycles. The van der Waals surface area contributed by atoms with Crippen LogP contribution in [-0.2, 0) is 16.6 Å². The summed E-state index contributed by atoms with van der Waals surface area (Å²) in [6.45, 7) is 13.1. The summed E-state index contributed by atoms with van der Waals surface area (Å²) in [5, 5.41) is 4.31. The Morgan fingerprint density at radius 1 is 1.24 bits per heavy atom. The van der Waals surface area contributed by atoms with Crippen LogP contribution in [0.15, 0.2) is 4.90 Å². The second-order valence-electron chi connectivity index (χ2n) is 5.87. The summed E-state index contributed by atoms with van der Waals surface area (Å²) in [6, 6.07) is -0.0290. The molecule has 1 saturated heterocycles. The summed E-state index contributed by atoms with van der Waals surface area (Å²) in [7, 11) is -3.52. The lowest BCUT2D eigenvalue weighted by Gasteiger charge is -2.17. The van der Waals surface area contributed by atoms with Gasteiger partial charge in [0.25, 0.3) is 0 Å². The Balaban J connectivity index is 2.25. The van der Waals surface area contributed by atoms with Gasteiger partial charge in [0.15, 0.2) is 0 Å². The largest absolute Gasteiger partial charge is 0.302 e. The van der Waals surface area contributed by atoms with E-state index in [-0.39, 0.29) is 6.04 Å². The zero-order valence-electron chi connectivity index (χ0n) is 13.5. The zero-order valence-corrected chi connectivity index (χ0v) is 14.4. The highest BCUT2D eigenvalue weighted by Crippen LogP contribution is 2.23. The van der Waals surface area contributed by atoms with Crippen LogP contribution in [-0.4, -0.2) is 48.8 Å². The Morgan fingerprint density at radius 3 is 2.38 bits per heavy atom. The molecular formula is C14H26N4O2S. The van der Waals surface area contributed by atoms with Crippen LogP contribution >= 0.6 is 0 Å². The van der Waals surface area contributed by atoms with Crippen molar-refractivity contribution in [2.75, 3.05) is 19.6 Å². The molecule has 1 aromatic heterocycles. The molecule has 1 fully saturated rings. The van der Waals surface area contributed by atoms with Gasteiger partial charge in [-0.15, -0.1) is 0 Å². The molecule has 0 aromatic carbocycles. The van der Waals surface area contributed by atoms with Crippen molar-refractivity contribution in [3.05, 3.63) is 11.4 Å². The first kappa shape index (κ1) is 16.5. The van der Waals surface area contributed by atoms with Gasteiger partial charge >= 0.3 is 0 Å². The Bertz CT molecular complexity index is 609. The molecule has 0 saturated carbocycles. The molecule has 1 aliphatic heterocycles. The quantitative estimate of drug-likeness (QED) is 0.885. The number of nitrogens with zero attached hydrogens (tertiary/aromatic N) is 3. The van der Waals surface area contributed by atoms with Crippen molar-refractivity contribution < 1.29 is 8.42 Å². The van der Waals surface area contributed by atoms with Crippen LogP contribution < -0.4 is 4.72 Å². The topological polar surface area (TPSA) is 67.2 Å². The fourth-order valence-electron chi connectivity index (χ4n) is 3.11. The molecule has 1 aromatic rings. The lowest BCUT2D eigenvalue weighted by atomic mass is 10.1. The molecule has 2 rings (SSSR count). The summed E-state index contributed by atoms with van der Waals surface area (Å²) in [4.78, 5) is 2.61. The van der Waals surface area contributed by atoms with E-state index in [0.29, 0.717) is 28.7 Å². The first-order chi connectivity index (χ1) is 9.80. The maximum absolute atomic E-state index is 12.7. The maximum atomic E-state index is 12.7. The average Bonchev–Trinajstić information content (AvgIpc) is 2.89. The van der Waals surface area contributed by atoms with Crippen molar-refractivity contribution in [3.8, 4) is 0 Å². The lowest BCUT2D eigenvalue weighted by molar-refractivity contribution is 0.344. The normalized spacial score (nSPS) is 23.9. The molecule has 7 heteroatoms. The molecular weight excluding hydrogens is 288 g/mol. The van der Waals surface area contributed by atoms with Crippen molar-refractivity contribution in [2.24, 2.45) is 5.92 Å². The summed E-state index contributed by atoms with van der Waals surface area (Å²) >= 11 is 0. The van der Waals surface area contributed by atoms with E-state index in [2.05, 4.69) is 28.6 Å². The molecule has 120 valence electrons. The molecule has 0 radical (unpaired) electrons. The maximum Gasteiger partial charge on any atom is 0.244 e. The average molecular weight is 314 g/mol. The molecule has 0 bridgehead atoms. The number of likely N-dealkylation sites (N-methyl/N-ethyl adjacent to an activating group) is 1. The number of nitrogens with one attached hydrogen (secondary N) is 1. The van der Waals surface area contributed by atoms with Crippen LogP contribution in [0.4, 0.5) is 0 Å². The third kappa shape index (κ3) is 3.14. The van der Waals surface area contributed by atoms with E-state index in [4.69, 9.17) is 0 Å². The summed E-state index contributed by atoms with van der Waals surface area (Å²) in [6.07, 6.45) is 0. The molecule has 1 N–H and O–H groups in total. The van der Waals surface area contributed by atoms with Crippen LogP contribution in [0, 0.1) is 19.8 Å². The number of aryl methyl sites for hydroxylation is 2. The third-order valence-corrected chi connectivity index (χ3v) is 6.07. The predicted octanol–water partition coefficient (Wildman–Crippen LogP) is 1.14. The first-order valence-corrected chi connectivity index (χ1v) is 9.07. The highest BCUT2D eigenvalue weighted by molar-refractivity contribution is 7.89. The fourth-order valence-corrected chi connectivity index (χ4v) is 4.86. The third-order valence-electron chi connectivity index (χ3n) is 4.33. The SMILES string of the molecule is CCN1C[C@@H](C)[C@H](NS(=O)(=O)c2c(C)nn(CC)c2C)C1. The lowest BCUT2D eigenvalue weighted by Crippen LogP contribution is -2.40. The second-order valence-corrected chi connectivity index (χ2v) is 7.52. The van der Waals surface area contributed by atoms with Gasteiger partial charge in [0.05, 0.1) is 11.4 Å². The van der Waals surface area contributed by atoms with Gasteiger partial charge in [-0.1, -0.05) is 13.8 Å². The van der Waals surface area contributed by atoms with E-state index in [0.717, 1.165) is 19.6 Å². The Kier molecular flexibility index (Phi) is 4.75. The van der Waals surface area contributed by atoms with Gasteiger partial charge < -0.3 is 4.90 Å². The summed E-state index contributed by atoms with van der Waals surface area (Å²) in [5.41, 5.74) is 1.28. The van der Waals surface area contributed by atoms with Crippen molar-refractivity contribution in [1.82, 2.24) is 19.4 Å². The van der Waals surface area contributed by atoms with Crippen molar-refractivity contribution >= 4 is 10.0 Å². The Hall–Kier alpha value is -0.920. The summed E-state index contributed by atoms with van der Waals surface area (Å²) < 4.78 is 30.1. The molecule has 2 atom stereocenters. The van der Waals surface area contributed by atoms with Gasteiger partial charge in [0.1, 0.15) is 4.90 Å². The molecule has 0 unspecified atom stereocenters. The van der Waals surface area contributed by atoms with E-state index in [1.54, 1.807) is 11.6 Å². The van der Waals surface area contributed by atoms with E-state index in [9.17, 15) is 8.42 Å². The van der Waals surface area contributed by atoms with Gasteiger partial charge in [0, 0.05) is 25.7 Å². The van der Waals surface area contributed by atoms with Gasteiger partial charge in [-0.2, -0.15) is 5.10 Å². The number of hydrogen-bond donors (Lipinski definition) is 1. The summed E-state index contributed by atoms with van der Waals surface area (Å²) in [5.74, 6) is 0.321. The smallest absolute Gasteiger partial charge is 0.244 e. The van der Waals surface area contributed by atoms with Crippen LogP contribution in [0.5, 0.6) is 0 Å². The minimum atomic E-state index is -3.52. The van der Waals surface area contributed by atoms with Gasteiger partial charge in [-0.05, 0) is 33.2 Å². The van der Waals surface area contributed by atoms with E-state index in [1.165, 1.54) is 0 Å². The van der Waals surface area contributed by atoms with E-state index in [1.807, 2.05) is 13.8 Å².